The number of carbonyl (C=O) groups excluding carboxylic acids is 2. The molecule has 0 saturated carbocycles. The lowest BCUT2D eigenvalue weighted by molar-refractivity contribution is -0.174. The average molecular weight is 557 g/mol. The number of benzene rings is 1. The van der Waals surface area contributed by atoms with Crippen molar-refractivity contribution in [3.8, 4) is 10.6 Å². The highest BCUT2D eigenvalue weighted by Crippen LogP contribution is 2.33. The first-order chi connectivity index (χ1) is 18.0. The molecule has 1 aromatic carbocycles. The number of rotatable bonds is 6. The first-order valence-electron chi connectivity index (χ1n) is 11.9. The molecule has 204 valence electrons. The lowest BCUT2D eigenvalue weighted by Crippen LogP contribution is -2.43. The number of halogens is 5. The van der Waals surface area contributed by atoms with Crippen molar-refractivity contribution >= 4 is 34.7 Å². The number of thiazole rings is 1. The van der Waals surface area contributed by atoms with Crippen LogP contribution in [0.4, 0.5) is 33.5 Å². The van der Waals surface area contributed by atoms with Gasteiger partial charge in [0, 0.05) is 30.6 Å². The fraction of sp³-hybridized carbons (Fsp3) is 0.417. The number of hydrogen-bond donors (Lipinski definition) is 2. The summed E-state index contributed by atoms with van der Waals surface area (Å²) in [5.74, 6) is -3.57. The summed E-state index contributed by atoms with van der Waals surface area (Å²) in [4.78, 5) is 31.1. The minimum Gasteiger partial charge on any atom is -0.355 e. The summed E-state index contributed by atoms with van der Waals surface area (Å²) < 4.78 is 68.1. The first-order valence-corrected chi connectivity index (χ1v) is 12.7. The summed E-state index contributed by atoms with van der Waals surface area (Å²) >= 11 is 0.988. The molecule has 1 atom stereocenters. The number of aromatic nitrogens is 3. The Balaban J connectivity index is 1.53. The summed E-state index contributed by atoms with van der Waals surface area (Å²) in [6.45, 7) is 4.73. The van der Waals surface area contributed by atoms with Gasteiger partial charge in [-0.15, -0.1) is 11.3 Å². The van der Waals surface area contributed by atoms with E-state index in [0.717, 1.165) is 23.5 Å². The van der Waals surface area contributed by atoms with Gasteiger partial charge < -0.3 is 15.5 Å². The Morgan fingerprint density at radius 3 is 2.53 bits per heavy atom. The third-order valence-corrected chi connectivity index (χ3v) is 7.16. The van der Waals surface area contributed by atoms with Gasteiger partial charge in [-0.2, -0.15) is 18.3 Å². The van der Waals surface area contributed by atoms with Crippen molar-refractivity contribution in [1.29, 1.82) is 0 Å². The van der Waals surface area contributed by atoms with Crippen LogP contribution in [0.25, 0.3) is 10.6 Å². The Kier molecular flexibility index (Phi) is 7.99. The average Bonchev–Trinajstić information content (AvgIpc) is 3.34. The highest BCUT2D eigenvalue weighted by atomic mass is 32.1. The molecule has 0 spiro atoms. The smallest absolute Gasteiger partial charge is 0.355 e. The second-order valence-corrected chi connectivity index (χ2v) is 9.96. The minimum absolute atomic E-state index is 0.00800. The maximum Gasteiger partial charge on any atom is 0.471 e. The number of nitrogens with one attached hydrogen (secondary N) is 2. The van der Waals surface area contributed by atoms with Crippen LogP contribution in [0.2, 0.25) is 0 Å². The number of carbonyl (C=O) groups is 2. The minimum atomic E-state index is -4.95. The van der Waals surface area contributed by atoms with Gasteiger partial charge in [0.15, 0.2) is 5.82 Å². The second-order valence-electron chi connectivity index (χ2n) is 8.76. The van der Waals surface area contributed by atoms with Crippen LogP contribution >= 0.6 is 11.3 Å². The van der Waals surface area contributed by atoms with Crippen molar-refractivity contribution in [1.82, 2.24) is 20.1 Å². The van der Waals surface area contributed by atoms with Gasteiger partial charge in [-0.3, -0.25) is 9.59 Å². The Morgan fingerprint density at radius 2 is 1.87 bits per heavy atom. The Labute approximate surface area is 218 Å². The van der Waals surface area contributed by atoms with E-state index in [1.54, 1.807) is 11.6 Å². The molecule has 2 aromatic heterocycles. The first kappa shape index (κ1) is 27.5. The van der Waals surface area contributed by atoms with Crippen molar-refractivity contribution in [3.05, 3.63) is 46.6 Å². The van der Waals surface area contributed by atoms with Crippen molar-refractivity contribution in [2.75, 3.05) is 23.3 Å². The van der Waals surface area contributed by atoms with E-state index in [0.29, 0.717) is 48.9 Å². The van der Waals surface area contributed by atoms with Gasteiger partial charge in [-0.05, 0) is 45.2 Å². The molecular weight excluding hydrogens is 531 g/mol. The van der Waals surface area contributed by atoms with Crippen LogP contribution in [-0.2, 0) is 11.3 Å². The fourth-order valence-corrected chi connectivity index (χ4v) is 5.31. The van der Waals surface area contributed by atoms with Crippen LogP contribution in [0.5, 0.6) is 0 Å². The number of nitrogens with zero attached hydrogens (tertiary/aromatic N) is 4. The van der Waals surface area contributed by atoms with Crippen molar-refractivity contribution in [2.45, 2.75) is 51.9 Å². The molecule has 4 rings (SSSR count). The topological polar surface area (TPSA) is 92.2 Å². The molecule has 2 N–H and O–H groups in total. The molecule has 38 heavy (non-hydrogen) atoms. The highest BCUT2D eigenvalue weighted by Gasteiger charge is 2.40. The molecule has 0 bridgehead atoms. The largest absolute Gasteiger partial charge is 0.471 e. The summed E-state index contributed by atoms with van der Waals surface area (Å²) in [5.41, 5.74) is 0.0603. The number of anilines is 2. The van der Waals surface area contributed by atoms with E-state index in [2.05, 4.69) is 15.4 Å². The standard InChI is InChI=1S/C24H25F5N6O2S/c1-3-35-22(34-10-5-6-14(9-11-34)31-23(37)24(27,28)29)17(12-30-35)32-20(36)19-13(2)38-21(33-19)18-15(25)7-4-8-16(18)26/h4,7-8,12,14H,3,5-6,9-11H2,1-2H3,(H,31,37)(H,32,36)/t14-/m0/s1. The maximum absolute atomic E-state index is 14.2. The zero-order valence-corrected chi connectivity index (χ0v) is 21.3. The van der Waals surface area contributed by atoms with E-state index in [1.807, 2.05) is 17.1 Å². The Morgan fingerprint density at radius 1 is 1.16 bits per heavy atom. The van der Waals surface area contributed by atoms with Crippen molar-refractivity contribution < 1.29 is 31.5 Å². The van der Waals surface area contributed by atoms with Gasteiger partial charge in [0.1, 0.15) is 28.0 Å². The molecule has 1 aliphatic rings. The van der Waals surface area contributed by atoms with Crippen LogP contribution in [0.15, 0.2) is 24.4 Å². The summed E-state index contributed by atoms with van der Waals surface area (Å²) in [7, 11) is 0. The third kappa shape index (κ3) is 5.79. The third-order valence-electron chi connectivity index (χ3n) is 6.17. The summed E-state index contributed by atoms with van der Waals surface area (Å²) in [5, 5.41) is 9.16. The summed E-state index contributed by atoms with van der Waals surface area (Å²) in [6, 6.07) is 2.83. The fourth-order valence-electron chi connectivity index (χ4n) is 4.35. The SMILES string of the molecule is CCn1ncc(NC(=O)c2nc(-c3c(F)cccc3F)sc2C)c1N1CCC[C@H](NC(=O)C(F)(F)F)CC1. The van der Waals surface area contributed by atoms with Crippen molar-refractivity contribution in [3.63, 3.8) is 0 Å². The molecule has 2 amide bonds. The van der Waals surface area contributed by atoms with E-state index in [1.165, 1.54) is 12.3 Å². The molecular formula is C24H25F5N6O2S. The molecule has 0 aliphatic carbocycles. The molecule has 0 unspecified atom stereocenters. The Bertz CT molecular complexity index is 1320. The molecule has 1 aliphatic heterocycles. The monoisotopic (exact) mass is 556 g/mol. The normalized spacial score (nSPS) is 16.3. The summed E-state index contributed by atoms with van der Waals surface area (Å²) in [6.07, 6.45) is -2.34. The van der Waals surface area contributed by atoms with Crippen LogP contribution in [0.3, 0.4) is 0 Å². The van der Waals surface area contributed by atoms with E-state index in [-0.39, 0.29) is 22.7 Å². The van der Waals surface area contributed by atoms with Crippen LogP contribution in [-0.4, -0.2) is 51.9 Å². The van der Waals surface area contributed by atoms with Gasteiger partial charge in [0.2, 0.25) is 0 Å². The molecule has 3 aromatic rings. The van der Waals surface area contributed by atoms with Gasteiger partial charge in [-0.1, -0.05) is 6.07 Å². The van der Waals surface area contributed by atoms with Gasteiger partial charge >= 0.3 is 12.1 Å². The van der Waals surface area contributed by atoms with Crippen LogP contribution in [0.1, 0.15) is 41.6 Å². The predicted molar refractivity (Wildman–Crippen MR) is 132 cm³/mol. The zero-order valence-electron chi connectivity index (χ0n) is 20.5. The van der Waals surface area contributed by atoms with Crippen LogP contribution < -0.4 is 15.5 Å². The Hall–Kier alpha value is -3.55. The molecule has 1 saturated heterocycles. The lowest BCUT2D eigenvalue weighted by atomic mass is 10.1. The maximum atomic E-state index is 14.2. The van der Waals surface area contributed by atoms with E-state index in [9.17, 15) is 31.5 Å². The number of alkyl halides is 3. The number of hydrogen-bond acceptors (Lipinski definition) is 6. The van der Waals surface area contributed by atoms with Gasteiger partial charge in [0.05, 0.1) is 11.8 Å². The number of aryl methyl sites for hydroxylation is 2. The van der Waals surface area contributed by atoms with E-state index in [4.69, 9.17) is 0 Å². The lowest BCUT2D eigenvalue weighted by Gasteiger charge is -2.25. The predicted octanol–water partition coefficient (Wildman–Crippen LogP) is 4.90. The van der Waals surface area contributed by atoms with Crippen LogP contribution in [0, 0.1) is 18.6 Å². The van der Waals surface area contributed by atoms with Crippen molar-refractivity contribution in [2.24, 2.45) is 0 Å². The van der Waals surface area contributed by atoms with Gasteiger partial charge in [-0.25, -0.2) is 18.4 Å². The second kappa shape index (κ2) is 11.1. The van der Waals surface area contributed by atoms with Gasteiger partial charge in [0.25, 0.3) is 5.91 Å². The molecule has 0 radical (unpaired) electrons. The van der Waals surface area contributed by atoms with E-state index >= 15 is 0 Å². The molecule has 3 heterocycles. The quantitative estimate of drug-likeness (QED) is 0.422. The zero-order chi connectivity index (χ0) is 27.6. The molecule has 8 nitrogen and oxygen atoms in total. The van der Waals surface area contributed by atoms with E-state index < -0.39 is 35.7 Å². The molecule has 1 fully saturated rings. The highest BCUT2D eigenvalue weighted by molar-refractivity contribution is 7.15. The number of amides is 2. The molecule has 14 heteroatoms.